The third-order valence-electron chi connectivity index (χ3n) is 3.24. The first-order valence-electron chi connectivity index (χ1n) is 8.14. The monoisotopic (exact) mass is 347 g/mol. The van der Waals surface area contributed by atoms with Gasteiger partial charge in [0.1, 0.15) is 19.8 Å². The summed E-state index contributed by atoms with van der Waals surface area (Å²) in [5.74, 6) is 0. The van der Waals surface area contributed by atoms with Gasteiger partial charge in [-0.3, -0.25) is 0 Å². The molecule has 0 spiro atoms. The number of hydrogen-bond acceptors (Lipinski definition) is 6. The molecule has 0 aliphatic heterocycles. The van der Waals surface area contributed by atoms with Gasteiger partial charge in [-0.25, -0.2) is 14.4 Å². The number of nitrogens with one attached hydrogen (secondary N) is 3. The van der Waals surface area contributed by atoms with E-state index in [9.17, 15) is 14.4 Å². The molecular formula is C15H29N3O6. The minimum Gasteiger partial charge on any atom is -0.449 e. The molecule has 9 heteroatoms. The Hall–Kier alpha value is -2.19. The van der Waals surface area contributed by atoms with E-state index in [2.05, 4.69) is 16.0 Å². The Morgan fingerprint density at radius 3 is 1.17 bits per heavy atom. The lowest BCUT2D eigenvalue weighted by Crippen LogP contribution is -2.42. The van der Waals surface area contributed by atoms with Crippen molar-refractivity contribution in [3.8, 4) is 0 Å². The van der Waals surface area contributed by atoms with E-state index in [-0.39, 0.29) is 19.8 Å². The third kappa shape index (κ3) is 9.06. The molecular weight excluding hydrogens is 318 g/mol. The Bertz CT molecular complexity index is 348. The van der Waals surface area contributed by atoms with Crippen molar-refractivity contribution in [3.05, 3.63) is 0 Å². The molecule has 0 aromatic heterocycles. The first kappa shape index (κ1) is 21.8. The quantitative estimate of drug-likeness (QED) is 0.517. The number of amides is 3. The zero-order chi connectivity index (χ0) is 18.4. The largest absolute Gasteiger partial charge is 0.449 e. The molecule has 0 saturated heterocycles. The second kappa shape index (κ2) is 12.3. The second-order valence-corrected chi connectivity index (χ2v) is 5.17. The van der Waals surface area contributed by atoms with Crippen molar-refractivity contribution in [3.63, 3.8) is 0 Å². The summed E-state index contributed by atoms with van der Waals surface area (Å²) in [4.78, 5) is 34.5. The van der Waals surface area contributed by atoms with Crippen LogP contribution in [0.3, 0.4) is 0 Å². The minimum absolute atomic E-state index is 0.0475. The normalized spacial score (nSPS) is 10.5. The van der Waals surface area contributed by atoms with E-state index in [1.54, 1.807) is 20.8 Å². The molecule has 0 atom stereocenters. The van der Waals surface area contributed by atoms with Crippen molar-refractivity contribution in [2.75, 3.05) is 39.5 Å². The molecule has 0 rings (SSSR count). The van der Waals surface area contributed by atoms with Gasteiger partial charge in [0.15, 0.2) is 0 Å². The van der Waals surface area contributed by atoms with E-state index >= 15 is 0 Å². The maximum absolute atomic E-state index is 11.5. The lowest BCUT2D eigenvalue weighted by Gasteiger charge is -2.30. The van der Waals surface area contributed by atoms with Gasteiger partial charge in [-0.2, -0.15) is 0 Å². The Labute approximate surface area is 142 Å². The van der Waals surface area contributed by atoms with Gasteiger partial charge >= 0.3 is 18.3 Å². The number of hydrogen-bond donors (Lipinski definition) is 3. The number of ether oxygens (including phenoxy) is 3. The van der Waals surface area contributed by atoms with Gasteiger partial charge in [0.2, 0.25) is 0 Å². The zero-order valence-corrected chi connectivity index (χ0v) is 14.9. The highest BCUT2D eigenvalue weighted by atomic mass is 16.6. The topological polar surface area (TPSA) is 115 Å². The van der Waals surface area contributed by atoms with Gasteiger partial charge in [0, 0.05) is 19.6 Å². The van der Waals surface area contributed by atoms with E-state index in [4.69, 9.17) is 14.2 Å². The average molecular weight is 347 g/mol. The number of rotatable bonds is 10. The average Bonchev–Trinajstić information content (AvgIpc) is 2.55. The van der Waals surface area contributed by atoms with Crippen LogP contribution in [0.5, 0.6) is 0 Å². The molecule has 3 N–H and O–H groups in total. The predicted molar refractivity (Wildman–Crippen MR) is 87.8 cm³/mol. The molecule has 0 unspecified atom stereocenters. The van der Waals surface area contributed by atoms with E-state index in [0.29, 0.717) is 26.1 Å². The maximum Gasteiger partial charge on any atom is 0.407 e. The van der Waals surface area contributed by atoms with Crippen molar-refractivity contribution in [2.45, 2.75) is 34.1 Å². The van der Waals surface area contributed by atoms with E-state index < -0.39 is 23.7 Å². The van der Waals surface area contributed by atoms with Crippen molar-refractivity contribution in [2.24, 2.45) is 5.41 Å². The van der Waals surface area contributed by atoms with Gasteiger partial charge in [0.05, 0.1) is 5.41 Å². The number of carbonyl (C=O) groups is 3. The summed E-state index contributed by atoms with van der Waals surface area (Å²) < 4.78 is 15.4. The summed E-state index contributed by atoms with van der Waals surface area (Å²) >= 11 is 0. The van der Waals surface area contributed by atoms with E-state index in [0.717, 1.165) is 0 Å². The molecule has 24 heavy (non-hydrogen) atoms. The van der Waals surface area contributed by atoms with Crippen molar-refractivity contribution >= 4 is 18.3 Å². The Balaban J connectivity index is 4.81. The van der Waals surface area contributed by atoms with Gasteiger partial charge in [-0.1, -0.05) is 6.92 Å². The van der Waals surface area contributed by atoms with Gasteiger partial charge < -0.3 is 30.2 Å². The van der Waals surface area contributed by atoms with Gasteiger partial charge in [0.25, 0.3) is 0 Å². The lowest BCUT2D eigenvalue weighted by atomic mass is 9.88. The molecule has 0 fully saturated rings. The fraction of sp³-hybridized carbons (Fsp3) is 0.800. The third-order valence-corrected chi connectivity index (χ3v) is 3.24. The van der Waals surface area contributed by atoms with Crippen LogP contribution in [0.4, 0.5) is 14.4 Å². The molecule has 0 aromatic carbocycles. The van der Waals surface area contributed by atoms with E-state index in [1.807, 2.05) is 6.92 Å². The summed E-state index contributed by atoms with van der Waals surface area (Å²) in [5.41, 5.74) is -0.818. The molecule has 0 aromatic rings. The van der Waals surface area contributed by atoms with E-state index in [1.165, 1.54) is 0 Å². The summed E-state index contributed by atoms with van der Waals surface area (Å²) in [6, 6.07) is 0. The molecule has 3 amide bonds. The van der Waals surface area contributed by atoms with Crippen LogP contribution < -0.4 is 16.0 Å². The van der Waals surface area contributed by atoms with Gasteiger partial charge in [-0.05, 0) is 27.2 Å². The van der Waals surface area contributed by atoms with Crippen LogP contribution in [0.25, 0.3) is 0 Å². The summed E-state index contributed by atoms with van der Waals surface area (Å²) in [7, 11) is 0. The van der Waals surface area contributed by atoms with Crippen molar-refractivity contribution in [1.82, 2.24) is 16.0 Å². The molecule has 0 aliphatic carbocycles. The molecule has 9 nitrogen and oxygen atoms in total. The molecule has 0 aliphatic rings. The molecule has 0 saturated carbocycles. The maximum atomic E-state index is 11.5. The number of carbonyl (C=O) groups excluding carboxylic acids is 3. The fourth-order valence-corrected chi connectivity index (χ4v) is 1.67. The fourth-order valence-electron chi connectivity index (χ4n) is 1.67. The number of alkyl carbamates (subject to hydrolysis) is 3. The highest BCUT2D eigenvalue weighted by Crippen LogP contribution is 2.24. The standard InChI is InChI=1S/C15H29N3O6/c1-5-15(9-22-12(19)16-6-2,10-23-13(20)17-7-3)11-24-14(21)18-8-4/h5-11H2,1-4H3,(H,16,19)(H,17,20)(H,18,21). The first-order valence-corrected chi connectivity index (χ1v) is 8.14. The SMILES string of the molecule is CCNC(=O)OCC(CC)(COC(=O)NCC)COC(=O)NCC. The predicted octanol–water partition coefficient (Wildman–Crippen LogP) is 1.62. The second-order valence-electron chi connectivity index (χ2n) is 5.17. The zero-order valence-electron chi connectivity index (χ0n) is 14.9. The Kier molecular flexibility index (Phi) is 11.1. The van der Waals surface area contributed by atoms with Crippen molar-refractivity contribution < 1.29 is 28.6 Å². The molecule has 0 heterocycles. The summed E-state index contributed by atoms with van der Waals surface area (Å²) in [5, 5.41) is 7.53. The lowest BCUT2D eigenvalue weighted by molar-refractivity contribution is -0.0172. The smallest absolute Gasteiger partial charge is 0.407 e. The van der Waals surface area contributed by atoms with Crippen LogP contribution in [0.1, 0.15) is 34.1 Å². The molecule has 0 radical (unpaired) electrons. The summed E-state index contributed by atoms with van der Waals surface area (Å²) in [6.45, 7) is 8.30. The van der Waals surface area contributed by atoms with Crippen LogP contribution >= 0.6 is 0 Å². The van der Waals surface area contributed by atoms with Crippen LogP contribution in [0.2, 0.25) is 0 Å². The molecule has 0 bridgehead atoms. The molecule has 140 valence electrons. The van der Waals surface area contributed by atoms with Crippen molar-refractivity contribution in [1.29, 1.82) is 0 Å². The first-order chi connectivity index (χ1) is 11.4. The Morgan fingerprint density at radius 2 is 0.958 bits per heavy atom. The highest BCUT2D eigenvalue weighted by Gasteiger charge is 2.34. The van der Waals surface area contributed by atoms with Crippen LogP contribution in [-0.4, -0.2) is 57.7 Å². The summed E-state index contributed by atoms with van der Waals surface area (Å²) in [6.07, 6.45) is -1.25. The minimum atomic E-state index is -0.818. The van der Waals surface area contributed by atoms with Crippen LogP contribution in [0.15, 0.2) is 0 Å². The van der Waals surface area contributed by atoms with Crippen LogP contribution in [-0.2, 0) is 14.2 Å². The highest BCUT2D eigenvalue weighted by molar-refractivity contribution is 5.68. The Morgan fingerprint density at radius 1 is 0.667 bits per heavy atom. The van der Waals surface area contributed by atoms with Crippen LogP contribution in [0, 0.1) is 5.41 Å². The van der Waals surface area contributed by atoms with Gasteiger partial charge in [-0.15, -0.1) is 0 Å².